The van der Waals surface area contributed by atoms with Gasteiger partial charge in [-0.1, -0.05) is 36.8 Å². The predicted octanol–water partition coefficient (Wildman–Crippen LogP) is 2.79. The standard InChI is InChI=1S/C17H24N4OS/c1-5-13(3)18-16(22)11-21(4)17-19-15(20-23-17)10-14-8-6-12(2)7-9-14/h6-9,13H,5,10-11H2,1-4H3,(H,18,22)/t13-/m1/s1. The van der Waals surface area contributed by atoms with Gasteiger partial charge in [0.1, 0.15) is 5.82 Å². The van der Waals surface area contributed by atoms with Crippen LogP contribution in [0.5, 0.6) is 0 Å². The summed E-state index contributed by atoms with van der Waals surface area (Å²) < 4.78 is 4.40. The van der Waals surface area contributed by atoms with Crippen LogP contribution in [-0.2, 0) is 11.2 Å². The van der Waals surface area contributed by atoms with Gasteiger partial charge in [-0.15, -0.1) is 0 Å². The Labute approximate surface area is 141 Å². The van der Waals surface area contributed by atoms with Crippen LogP contribution >= 0.6 is 11.5 Å². The van der Waals surface area contributed by atoms with Crippen molar-refractivity contribution in [3.05, 3.63) is 41.2 Å². The molecule has 124 valence electrons. The van der Waals surface area contributed by atoms with Crippen LogP contribution in [0.15, 0.2) is 24.3 Å². The SMILES string of the molecule is CC[C@@H](C)NC(=O)CN(C)c1nc(Cc2ccc(C)cc2)ns1. The number of nitrogens with one attached hydrogen (secondary N) is 1. The minimum absolute atomic E-state index is 0.0112. The van der Waals surface area contributed by atoms with Crippen LogP contribution < -0.4 is 10.2 Å². The zero-order valence-corrected chi connectivity index (χ0v) is 15.0. The molecule has 0 unspecified atom stereocenters. The Kier molecular flexibility index (Phi) is 6.10. The highest BCUT2D eigenvalue weighted by atomic mass is 32.1. The Morgan fingerprint density at radius 3 is 2.70 bits per heavy atom. The molecule has 0 aliphatic heterocycles. The van der Waals surface area contributed by atoms with Crippen LogP contribution in [0.3, 0.4) is 0 Å². The van der Waals surface area contributed by atoms with Gasteiger partial charge < -0.3 is 10.2 Å². The molecule has 1 N–H and O–H groups in total. The minimum atomic E-state index is 0.0112. The van der Waals surface area contributed by atoms with Crippen molar-refractivity contribution in [3.63, 3.8) is 0 Å². The van der Waals surface area contributed by atoms with Crippen LogP contribution in [0.1, 0.15) is 37.2 Å². The Hall–Kier alpha value is -1.95. The average molecular weight is 332 g/mol. The van der Waals surface area contributed by atoms with E-state index in [1.807, 2.05) is 18.9 Å². The van der Waals surface area contributed by atoms with Gasteiger partial charge in [-0.25, -0.2) is 4.98 Å². The van der Waals surface area contributed by atoms with Crippen molar-refractivity contribution in [2.75, 3.05) is 18.5 Å². The summed E-state index contributed by atoms with van der Waals surface area (Å²) >= 11 is 1.33. The maximum absolute atomic E-state index is 11.9. The number of benzene rings is 1. The number of carbonyl (C=O) groups excluding carboxylic acids is 1. The fraction of sp³-hybridized carbons (Fsp3) is 0.471. The number of hydrogen-bond donors (Lipinski definition) is 1. The van der Waals surface area contributed by atoms with Gasteiger partial charge in [0.25, 0.3) is 0 Å². The van der Waals surface area contributed by atoms with Crippen molar-refractivity contribution in [1.82, 2.24) is 14.7 Å². The summed E-state index contributed by atoms with van der Waals surface area (Å²) in [6, 6.07) is 8.57. The first-order valence-corrected chi connectivity index (χ1v) is 8.64. The molecule has 2 rings (SSSR count). The maximum atomic E-state index is 11.9. The van der Waals surface area contributed by atoms with E-state index in [4.69, 9.17) is 0 Å². The Morgan fingerprint density at radius 1 is 1.35 bits per heavy atom. The van der Waals surface area contributed by atoms with Crippen LogP contribution in [0.2, 0.25) is 0 Å². The summed E-state index contributed by atoms with van der Waals surface area (Å²) in [4.78, 5) is 18.3. The van der Waals surface area contributed by atoms with E-state index in [1.165, 1.54) is 22.7 Å². The lowest BCUT2D eigenvalue weighted by Gasteiger charge is -2.17. The molecule has 1 aromatic carbocycles. The average Bonchev–Trinajstić information content (AvgIpc) is 2.98. The Bertz CT molecular complexity index is 638. The number of aryl methyl sites for hydroxylation is 1. The molecule has 0 saturated heterocycles. The molecule has 0 bridgehead atoms. The first-order valence-electron chi connectivity index (χ1n) is 7.86. The quantitative estimate of drug-likeness (QED) is 0.847. The van der Waals surface area contributed by atoms with Gasteiger partial charge in [0.2, 0.25) is 11.0 Å². The fourth-order valence-corrected chi connectivity index (χ4v) is 2.71. The van der Waals surface area contributed by atoms with Crippen LogP contribution in [-0.4, -0.2) is 34.9 Å². The summed E-state index contributed by atoms with van der Waals surface area (Å²) in [5.41, 5.74) is 2.44. The van der Waals surface area contributed by atoms with E-state index in [1.54, 1.807) is 0 Å². The van der Waals surface area contributed by atoms with Crippen molar-refractivity contribution in [1.29, 1.82) is 0 Å². The van der Waals surface area contributed by atoms with E-state index in [2.05, 4.69) is 52.8 Å². The number of rotatable bonds is 7. The van der Waals surface area contributed by atoms with E-state index in [-0.39, 0.29) is 11.9 Å². The Balaban J connectivity index is 1.92. The summed E-state index contributed by atoms with van der Waals surface area (Å²) in [6.07, 6.45) is 1.64. The van der Waals surface area contributed by atoms with Crippen molar-refractivity contribution in [2.45, 2.75) is 39.7 Å². The first-order chi connectivity index (χ1) is 11.0. The van der Waals surface area contributed by atoms with E-state index in [0.29, 0.717) is 13.0 Å². The molecule has 2 aromatic rings. The van der Waals surface area contributed by atoms with Crippen molar-refractivity contribution in [2.24, 2.45) is 0 Å². The minimum Gasteiger partial charge on any atom is -0.352 e. The van der Waals surface area contributed by atoms with Gasteiger partial charge in [-0.2, -0.15) is 4.37 Å². The lowest BCUT2D eigenvalue weighted by Crippen LogP contribution is -2.39. The highest BCUT2D eigenvalue weighted by molar-refractivity contribution is 7.09. The van der Waals surface area contributed by atoms with Crippen LogP contribution in [0.4, 0.5) is 5.13 Å². The highest BCUT2D eigenvalue weighted by Gasteiger charge is 2.13. The van der Waals surface area contributed by atoms with Gasteiger partial charge in [0, 0.05) is 31.0 Å². The van der Waals surface area contributed by atoms with E-state index in [9.17, 15) is 4.79 Å². The zero-order chi connectivity index (χ0) is 16.8. The molecule has 0 aliphatic rings. The third kappa shape index (κ3) is 5.32. The van der Waals surface area contributed by atoms with Gasteiger partial charge in [-0.3, -0.25) is 4.79 Å². The lowest BCUT2D eigenvalue weighted by molar-refractivity contribution is -0.120. The molecule has 0 radical (unpaired) electrons. The molecular weight excluding hydrogens is 308 g/mol. The predicted molar refractivity (Wildman–Crippen MR) is 95.1 cm³/mol. The molecule has 1 heterocycles. The molecule has 1 aromatic heterocycles. The monoisotopic (exact) mass is 332 g/mol. The normalized spacial score (nSPS) is 12.0. The third-order valence-corrected chi connectivity index (χ3v) is 4.54. The molecule has 6 heteroatoms. The number of hydrogen-bond acceptors (Lipinski definition) is 5. The van der Waals surface area contributed by atoms with E-state index >= 15 is 0 Å². The zero-order valence-electron chi connectivity index (χ0n) is 14.2. The number of nitrogens with zero attached hydrogens (tertiary/aromatic N) is 3. The molecule has 23 heavy (non-hydrogen) atoms. The second-order valence-corrected chi connectivity index (χ2v) is 6.62. The molecule has 5 nitrogen and oxygen atoms in total. The summed E-state index contributed by atoms with van der Waals surface area (Å²) in [6.45, 7) is 6.42. The number of likely N-dealkylation sites (N-methyl/N-ethyl adjacent to an activating group) is 1. The second-order valence-electron chi connectivity index (χ2n) is 5.89. The topological polar surface area (TPSA) is 58.1 Å². The van der Waals surface area contributed by atoms with Crippen molar-refractivity contribution >= 4 is 22.6 Å². The van der Waals surface area contributed by atoms with Gasteiger partial charge in [0.05, 0.1) is 6.54 Å². The van der Waals surface area contributed by atoms with Crippen LogP contribution in [0.25, 0.3) is 0 Å². The smallest absolute Gasteiger partial charge is 0.239 e. The van der Waals surface area contributed by atoms with E-state index in [0.717, 1.165) is 17.4 Å². The molecule has 1 atom stereocenters. The first kappa shape index (κ1) is 17.4. The largest absolute Gasteiger partial charge is 0.352 e. The summed E-state index contributed by atoms with van der Waals surface area (Å²) in [5.74, 6) is 0.806. The van der Waals surface area contributed by atoms with Crippen LogP contribution in [0, 0.1) is 6.92 Å². The molecule has 0 aliphatic carbocycles. The number of aromatic nitrogens is 2. The second kappa shape index (κ2) is 8.06. The molecule has 0 saturated carbocycles. The Morgan fingerprint density at radius 2 is 2.04 bits per heavy atom. The van der Waals surface area contributed by atoms with Crippen molar-refractivity contribution < 1.29 is 4.79 Å². The summed E-state index contributed by atoms with van der Waals surface area (Å²) in [7, 11) is 1.87. The van der Waals surface area contributed by atoms with Gasteiger partial charge >= 0.3 is 0 Å². The third-order valence-electron chi connectivity index (χ3n) is 3.67. The molecule has 0 spiro atoms. The molecular formula is C17H24N4OS. The highest BCUT2D eigenvalue weighted by Crippen LogP contribution is 2.17. The van der Waals surface area contributed by atoms with Gasteiger partial charge in [0.15, 0.2) is 0 Å². The fourth-order valence-electron chi connectivity index (χ4n) is 2.07. The molecule has 1 amide bonds. The van der Waals surface area contributed by atoms with Crippen molar-refractivity contribution in [3.8, 4) is 0 Å². The lowest BCUT2D eigenvalue weighted by atomic mass is 10.1. The van der Waals surface area contributed by atoms with Gasteiger partial charge in [-0.05, 0) is 25.8 Å². The maximum Gasteiger partial charge on any atom is 0.239 e. The van der Waals surface area contributed by atoms with E-state index < -0.39 is 0 Å². The number of carbonyl (C=O) groups is 1. The molecule has 0 fully saturated rings. The summed E-state index contributed by atoms with van der Waals surface area (Å²) in [5, 5.41) is 3.73. The number of anilines is 1. The number of amides is 1.